The first kappa shape index (κ1) is 8.79. The second-order valence-corrected chi connectivity index (χ2v) is 3.06. The fourth-order valence-electron chi connectivity index (χ4n) is 1.37. The molecular weight excluding hydrogens is 174 g/mol. The van der Waals surface area contributed by atoms with Crippen LogP contribution in [0, 0.1) is 18.8 Å². The van der Waals surface area contributed by atoms with Gasteiger partial charge in [-0.05, 0) is 25.1 Å². The number of hydrogen-bond donors (Lipinski definition) is 2. The number of imidazole rings is 1. The maximum absolute atomic E-state index is 5.30. The van der Waals surface area contributed by atoms with Crippen LogP contribution in [0.25, 0.3) is 11.0 Å². The quantitative estimate of drug-likeness (QED) is 0.605. The van der Waals surface area contributed by atoms with Crippen LogP contribution in [-0.2, 0) is 0 Å². The van der Waals surface area contributed by atoms with Crippen molar-refractivity contribution >= 4 is 11.0 Å². The summed E-state index contributed by atoms with van der Waals surface area (Å²) in [6.07, 6.45) is 0. The smallest absolute Gasteiger partial charge is 0.104 e. The number of nitrogens with one attached hydrogen (secondary N) is 1. The number of nitrogens with two attached hydrogens (primary N) is 1. The predicted octanol–water partition coefficient (Wildman–Crippen LogP) is 1.18. The Morgan fingerprint density at radius 3 is 3.14 bits per heavy atom. The van der Waals surface area contributed by atoms with E-state index in [0.29, 0.717) is 6.54 Å². The van der Waals surface area contributed by atoms with E-state index in [0.717, 1.165) is 22.4 Å². The molecule has 3 heteroatoms. The zero-order valence-electron chi connectivity index (χ0n) is 7.96. The van der Waals surface area contributed by atoms with Crippen LogP contribution in [0.2, 0.25) is 0 Å². The summed E-state index contributed by atoms with van der Waals surface area (Å²) >= 11 is 0. The minimum atomic E-state index is 0.389. The van der Waals surface area contributed by atoms with E-state index >= 15 is 0 Å². The molecule has 0 radical (unpaired) electrons. The highest BCUT2D eigenvalue weighted by molar-refractivity contribution is 5.76. The minimum Gasteiger partial charge on any atom is -0.342 e. The lowest BCUT2D eigenvalue weighted by Gasteiger charge is -1.89. The van der Waals surface area contributed by atoms with Crippen molar-refractivity contribution in [3.63, 3.8) is 0 Å². The first-order valence-corrected chi connectivity index (χ1v) is 4.45. The van der Waals surface area contributed by atoms with Gasteiger partial charge in [0.2, 0.25) is 0 Å². The summed E-state index contributed by atoms with van der Waals surface area (Å²) in [5.74, 6) is 6.72. The van der Waals surface area contributed by atoms with E-state index in [1.54, 1.807) is 0 Å². The van der Waals surface area contributed by atoms with Gasteiger partial charge in [0.1, 0.15) is 5.82 Å². The van der Waals surface area contributed by atoms with Gasteiger partial charge in [-0.1, -0.05) is 11.8 Å². The molecule has 0 atom stereocenters. The topological polar surface area (TPSA) is 54.7 Å². The molecule has 0 aliphatic heterocycles. The third-order valence-electron chi connectivity index (χ3n) is 1.94. The molecule has 1 aromatic heterocycles. The SMILES string of the molecule is Cc1nc2ccc(C#CCN)cc2[nH]1. The monoisotopic (exact) mass is 185 g/mol. The van der Waals surface area contributed by atoms with Gasteiger partial charge in [-0.15, -0.1) is 0 Å². The maximum atomic E-state index is 5.30. The summed E-state index contributed by atoms with van der Waals surface area (Å²) < 4.78 is 0. The molecule has 0 saturated carbocycles. The summed E-state index contributed by atoms with van der Waals surface area (Å²) in [7, 11) is 0. The molecule has 0 aliphatic rings. The van der Waals surface area contributed by atoms with Gasteiger partial charge in [0, 0.05) is 5.56 Å². The van der Waals surface area contributed by atoms with Crippen LogP contribution in [0.3, 0.4) is 0 Å². The Bertz CT molecular complexity index is 514. The van der Waals surface area contributed by atoms with E-state index in [1.807, 2.05) is 25.1 Å². The van der Waals surface area contributed by atoms with Crippen LogP contribution in [0.4, 0.5) is 0 Å². The number of aromatic amines is 1. The Kier molecular flexibility index (Phi) is 2.21. The van der Waals surface area contributed by atoms with Gasteiger partial charge in [-0.2, -0.15) is 0 Å². The van der Waals surface area contributed by atoms with Gasteiger partial charge < -0.3 is 10.7 Å². The fraction of sp³-hybridized carbons (Fsp3) is 0.182. The second kappa shape index (κ2) is 3.52. The summed E-state index contributed by atoms with van der Waals surface area (Å²) in [4.78, 5) is 7.47. The first-order valence-electron chi connectivity index (χ1n) is 4.45. The van der Waals surface area contributed by atoms with Gasteiger partial charge in [0.05, 0.1) is 17.6 Å². The van der Waals surface area contributed by atoms with E-state index in [-0.39, 0.29) is 0 Å². The summed E-state index contributed by atoms with van der Waals surface area (Å²) in [6.45, 7) is 2.32. The number of nitrogens with zero attached hydrogens (tertiary/aromatic N) is 1. The highest BCUT2D eigenvalue weighted by Gasteiger charge is 1.98. The number of aryl methyl sites for hydroxylation is 1. The van der Waals surface area contributed by atoms with E-state index in [1.165, 1.54) is 0 Å². The van der Waals surface area contributed by atoms with Gasteiger partial charge in [0.15, 0.2) is 0 Å². The third-order valence-corrected chi connectivity index (χ3v) is 1.94. The molecule has 70 valence electrons. The molecule has 2 rings (SSSR count). The highest BCUT2D eigenvalue weighted by Crippen LogP contribution is 2.12. The molecule has 0 aliphatic carbocycles. The lowest BCUT2D eigenvalue weighted by atomic mass is 10.2. The normalized spacial score (nSPS) is 9.86. The largest absolute Gasteiger partial charge is 0.342 e. The number of H-pyrrole nitrogens is 1. The van der Waals surface area contributed by atoms with Crippen LogP contribution in [0.15, 0.2) is 18.2 Å². The molecule has 0 unspecified atom stereocenters. The molecular formula is C11H11N3. The van der Waals surface area contributed by atoms with Crippen molar-refractivity contribution < 1.29 is 0 Å². The Labute approximate surface area is 82.3 Å². The molecule has 2 aromatic rings. The van der Waals surface area contributed by atoms with Crippen LogP contribution in [-0.4, -0.2) is 16.5 Å². The highest BCUT2D eigenvalue weighted by atomic mass is 14.9. The average Bonchev–Trinajstić information content (AvgIpc) is 2.54. The zero-order valence-corrected chi connectivity index (χ0v) is 7.96. The molecule has 0 saturated heterocycles. The molecule has 3 N–H and O–H groups in total. The van der Waals surface area contributed by atoms with E-state index in [9.17, 15) is 0 Å². The van der Waals surface area contributed by atoms with Gasteiger partial charge in [-0.25, -0.2) is 4.98 Å². The van der Waals surface area contributed by atoms with E-state index in [4.69, 9.17) is 5.73 Å². The molecule has 1 aromatic carbocycles. The van der Waals surface area contributed by atoms with E-state index in [2.05, 4.69) is 21.8 Å². The summed E-state index contributed by atoms with van der Waals surface area (Å²) in [6, 6.07) is 5.89. The average molecular weight is 185 g/mol. The van der Waals surface area contributed by atoms with Crippen LogP contribution < -0.4 is 5.73 Å². The first-order chi connectivity index (χ1) is 6.79. The Morgan fingerprint density at radius 2 is 2.36 bits per heavy atom. The summed E-state index contributed by atoms with van der Waals surface area (Å²) in [5.41, 5.74) is 8.26. The van der Waals surface area contributed by atoms with Gasteiger partial charge >= 0.3 is 0 Å². The Balaban J connectivity index is 2.50. The third kappa shape index (κ3) is 1.61. The molecule has 0 bridgehead atoms. The molecule has 14 heavy (non-hydrogen) atoms. The lowest BCUT2D eigenvalue weighted by molar-refractivity contribution is 1.17. The van der Waals surface area contributed by atoms with Crippen molar-refractivity contribution in [1.82, 2.24) is 9.97 Å². The number of fused-ring (bicyclic) bond motifs is 1. The zero-order chi connectivity index (χ0) is 9.97. The number of benzene rings is 1. The molecule has 3 nitrogen and oxygen atoms in total. The maximum Gasteiger partial charge on any atom is 0.104 e. The predicted molar refractivity (Wildman–Crippen MR) is 56.8 cm³/mol. The van der Waals surface area contributed by atoms with Crippen molar-refractivity contribution in [2.75, 3.05) is 6.54 Å². The van der Waals surface area contributed by atoms with Crippen LogP contribution in [0.1, 0.15) is 11.4 Å². The Hall–Kier alpha value is -1.79. The fourth-order valence-corrected chi connectivity index (χ4v) is 1.37. The molecule has 0 amide bonds. The molecule has 1 heterocycles. The van der Waals surface area contributed by atoms with E-state index < -0.39 is 0 Å². The van der Waals surface area contributed by atoms with Gasteiger partial charge in [0.25, 0.3) is 0 Å². The van der Waals surface area contributed by atoms with Crippen molar-refractivity contribution in [2.24, 2.45) is 5.73 Å². The number of rotatable bonds is 0. The van der Waals surface area contributed by atoms with Crippen molar-refractivity contribution in [2.45, 2.75) is 6.92 Å². The minimum absolute atomic E-state index is 0.389. The van der Waals surface area contributed by atoms with Crippen molar-refractivity contribution in [3.05, 3.63) is 29.6 Å². The second-order valence-electron chi connectivity index (χ2n) is 3.06. The number of aromatic nitrogens is 2. The van der Waals surface area contributed by atoms with Crippen molar-refractivity contribution in [3.8, 4) is 11.8 Å². The summed E-state index contributed by atoms with van der Waals surface area (Å²) in [5, 5.41) is 0. The molecule has 0 spiro atoms. The van der Waals surface area contributed by atoms with Crippen molar-refractivity contribution in [1.29, 1.82) is 0 Å². The van der Waals surface area contributed by atoms with Crippen LogP contribution >= 0.6 is 0 Å². The molecule has 0 fully saturated rings. The van der Waals surface area contributed by atoms with Crippen LogP contribution in [0.5, 0.6) is 0 Å². The van der Waals surface area contributed by atoms with Gasteiger partial charge in [-0.3, -0.25) is 0 Å². The Morgan fingerprint density at radius 1 is 1.50 bits per heavy atom. The number of hydrogen-bond acceptors (Lipinski definition) is 2. The lowest BCUT2D eigenvalue weighted by Crippen LogP contribution is -1.92. The standard InChI is InChI=1S/C11H11N3/c1-8-13-10-5-4-9(3-2-6-12)7-11(10)14-8/h4-5,7H,6,12H2,1H3,(H,13,14).